The highest BCUT2D eigenvalue weighted by molar-refractivity contribution is 7.85. The molecular formula is C45H52N2O5S. The average Bonchev–Trinajstić information content (AvgIpc) is 3.18. The fraction of sp³-hybridized carbons (Fsp3) is 0.311. The van der Waals surface area contributed by atoms with Crippen LogP contribution in [0.25, 0.3) is 5.57 Å². The second-order valence-corrected chi connectivity index (χ2v) is 14.5. The van der Waals surface area contributed by atoms with Crippen LogP contribution in [0.3, 0.4) is 0 Å². The first kappa shape index (κ1) is 39.3. The van der Waals surface area contributed by atoms with Crippen LogP contribution in [-0.4, -0.2) is 49.6 Å². The number of ether oxygens (including phenoxy) is 2. The Morgan fingerprint density at radius 2 is 1.21 bits per heavy atom. The quantitative estimate of drug-likeness (QED) is 0.0748. The number of unbranched alkanes of at least 4 members (excludes halogenated alkanes) is 2. The van der Waals surface area contributed by atoms with Gasteiger partial charge in [-0.05, 0) is 103 Å². The van der Waals surface area contributed by atoms with Crippen LogP contribution in [-0.2, 0) is 10.1 Å². The minimum Gasteiger partial charge on any atom is -0.744 e. The maximum Gasteiger partial charge on any atom is 0.205 e. The van der Waals surface area contributed by atoms with Crippen LogP contribution >= 0.6 is 0 Å². The molecule has 0 bridgehead atoms. The lowest BCUT2D eigenvalue weighted by Gasteiger charge is -2.26. The molecule has 0 aliphatic heterocycles. The van der Waals surface area contributed by atoms with Gasteiger partial charge in [0.25, 0.3) is 0 Å². The maximum absolute atomic E-state index is 12.6. The second kappa shape index (κ2) is 19.2. The van der Waals surface area contributed by atoms with Crippen LogP contribution < -0.4 is 14.4 Å². The van der Waals surface area contributed by atoms with Gasteiger partial charge >= 0.3 is 0 Å². The summed E-state index contributed by atoms with van der Waals surface area (Å²) < 4.78 is 51.7. The number of allylic oxidation sites excluding steroid dienone is 5. The molecule has 0 saturated heterocycles. The van der Waals surface area contributed by atoms with Gasteiger partial charge in [0.05, 0.1) is 18.1 Å². The molecule has 5 rings (SSSR count). The van der Waals surface area contributed by atoms with Crippen molar-refractivity contribution < 1.29 is 27.0 Å². The highest BCUT2D eigenvalue weighted by Gasteiger charge is 2.21. The summed E-state index contributed by atoms with van der Waals surface area (Å²) in [4.78, 5) is 2.04. The summed E-state index contributed by atoms with van der Waals surface area (Å²) in [6.45, 7) is 11.6. The van der Waals surface area contributed by atoms with Crippen molar-refractivity contribution in [2.75, 3.05) is 31.2 Å². The first-order valence-corrected chi connectivity index (χ1v) is 20.3. The van der Waals surface area contributed by atoms with E-state index in [0.29, 0.717) is 24.4 Å². The highest BCUT2D eigenvalue weighted by atomic mass is 32.2. The smallest absolute Gasteiger partial charge is 0.205 e. The van der Waals surface area contributed by atoms with E-state index in [1.165, 1.54) is 6.07 Å². The lowest BCUT2D eigenvalue weighted by atomic mass is 9.90. The Balaban J connectivity index is 1.57. The van der Waals surface area contributed by atoms with Gasteiger partial charge < -0.3 is 18.9 Å². The van der Waals surface area contributed by atoms with Crippen molar-refractivity contribution >= 4 is 38.5 Å². The monoisotopic (exact) mass is 732 g/mol. The average molecular weight is 733 g/mol. The van der Waals surface area contributed by atoms with Gasteiger partial charge in [-0.3, -0.25) is 0 Å². The summed E-state index contributed by atoms with van der Waals surface area (Å²) >= 11 is 0. The first-order chi connectivity index (χ1) is 25.8. The topological polar surface area (TPSA) is 81.9 Å². The van der Waals surface area contributed by atoms with E-state index in [2.05, 4.69) is 85.7 Å². The molecule has 0 spiro atoms. The molecule has 7 nitrogen and oxygen atoms in total. The summed E-state index contributed by atoms with van der Waals surface area (Å²) in [6, 6.07) is 31.0. The molecule has 0 saturated carbocycles. The predicted molar refractivity (Wildman–Crippen MR) is 216 cm³/mol. The summed E-state index contributed by atoms with van der Waals surface area (Å²) in [5.74, 6) is 1.70. The van der Waals surface area contributed by atoms with Crippen LogP contribution in [0.15, 0.2) is 132 Å². The molecule has 0 fully saturated rings. The van der Waals surface area contributed by atoms with E-state index in [0.717, 1.165) is 97.0 Å². The van der Waals surface area contributed by atoms with E-state index in [9.17, 15) is 13.0 Å². The lowest BCUT2D eigenvalue weighted by molar-refractivity contribution is -0.439. The van der Waals surface area contributed by atoms with E-state index in [1.54, 1.807) is 18.2 Å². The molecule has 4 aromatic rings. The Bertz CT molecular complexity index is 2010. The standard InChI is InChI=1S/C45H52N2O5S/c1-5-9-31-46(39-23-27-41(28-24-39)51-33-7-3)37-19-15-35(16-20-37)45(43-13-11-12-14-44(43)53(48,49)50)36-17-21-38(22-18-36)47(32-10-6-2)40-25-29-42(30-26-40)52-34-8-4/h11-30H,5-10,31-34H2,1-4H3. The van der Waals surface area contributed by atoms with Crippen molar-refractivity contribution in [1.29, 1.82) is 0 Å². The summed E-state index contributed by atoms with van der Waals surface area (Å²) in [6.07, 6.45) is 14.2. The molecule has 0 atom stereocenters. The minimum absolute atomic E-state index is 0.243. The molecule has 4 aromatic carbocycles. The molecule has 278 valence electrons. The van der Waals surface area contributed by atoms with E-state index in [4.69, 9.17) is 9.47 Å². The molecule has 53 heavy (non-hydrogen) atoms. The third kappa shape index (κ3) is 10.4. The number of anilines is 2. The zero-order valence-electron chi connectivity index (χ0n) is 31.5. The predicted octanol–water partition coefficient (Wildman–Crippen LogP) is 10.6. The minimum atomic E-state index is -4.76. The lowest BCUT2D eigenvalue weighted by Crippen LogP contribution is -2.18. The number of hydrogen-bond acceptors (Lipinski definition) is 6. The Hall–Kier alpha value is -4.92. The summed E-state index contributed by atoms with van der Waals surface area (Å²) in [7, 11) is -4.76. The first-order valence-electron chi connectivity index (χ1n) is 18.9. The van der Waals surface area contributed by atoms with E-state index < -0.39 is 10.1 Å². The van der Waals surface area contributed by atoms with E-state index >= 15 is 0 Å². The second-order valence-electron chi connectivity index (χ2n) is 13.1. The van der Waals surface area contributed by atoms with Crippen LogP contribution in [0.5, 0.6) is 11.5 Å². The highest BCUT2D eigenvalue weighted by Crippen LogP contribution is 2.36. The molecule has 0 N–H and O–H groups in total. The van der Waals surface area contributed by atoms with Crippen molar-refractivity contribution in [3.63, 3.8) is 0 Å². The Morgan fingerprint density at radius 3 is 1.75 bits per heavy atom. The van der Waals surface area contributed by atoms with Gasteiger partial charge in [-0.2, -0.15) is 4.58 Å². The third-order valence-electron chi connectivity index (χ3n) is 9.07. The number of rotatable bonds is 18. The van der Waals surface area contributed by atoms with Crippen LogP contribution in [0, 0.1) is 0 Å². The Kier molecular flexibility index (Phi) is 14.3. The molecule has 0 radical (unpaired) electrons. The van der Waals surface area contributed by atoms with Gasteiger partial charge in [0.2, 0.25) is 11.4 Å². The molecule has 8 heteroatoms. The molecule has 1 aliphatic carbocycles. The van der Waals surface area contributed by atoms with Crippen molar-refractivity contribution in [2.24, 2.45) is 0 Å². The summed E-state index contributed by atoms with van der Waals surface area (Å²) in [5, 5.41) is 0. The Morgan fingerprint density at radius 1 is 0.660 bits per heavy atom. The normalized spacial score (nSPS) is 12.5. The zero-order valence-corrected chi connectivity index (χ0v) is 32.3. The molecule has 0 amide bonds. The molecule has 1 aliphatic rings. The van der Waals surface area contributed by atoms with Gasteiger partial charge in [-0.25, -0.2) is 8.42 Å². The van der Waals surface area contributed by atoms with Gasteiger partial charge in [-0.1, -0.05) is 70.9 Å². The third-order valence-corrected chi connectivity index (χ3v) is 9.97. The number of hydrogen-bond donors (Lipinski definition) is 0. The van der Waals surface area contributed by atoms with Crippen molar-refractivity contribution in [1.82, 2.24) is 0 Å². The Labute approximate surface area is 316 Å². The zero-order chi connectivity index (χ0) is 37.6. The van der Waals surface area contributed by atoms with Crippen molar-refractivity contribution in [3.8, 4) is 11.5 Å². The van der Waals surface area contributed by atoms with Gasteiger partial charge in [-0.15, -0.1) is 0 Å². The SMILES string of the molecule is CCCCN(c1ccc(OCCC)cc1)c1ccc(C(=C2C=CC(=[N+](CCCC)c3ccc(OCCC)cc3)C=C2)c2ccccc2S(=O)(=O)[O-])cc1. The largest absolute Gasteiger partial charge is 0.744 e. The summed E-state index contributed by atoms with van der Waals surface area (Å²) in [5.41, 5.74) is 6.82. The molecule has 0 aromatic heterocycles. The van der Waals surface area contributed by atoms with Crippen LogP contribution in [0.4, 0.5) is 17.1 Å². The van der Waals surface area contributed by atoms with Crippen molar-refractivity contribution in [2.45, 2.75) is 71.1 Å². The van der Waals surface area contributed by atoms with E-state index in [-0.39, 0.29) is 4.90 Å². The van der Waals surface area contributed by atoms with Crippen molar-refractivity contribution in [3.05, 3.63) is 138 Å². The van der Waals surface area contributed by atoms with Gasteiger partial charge in [0, 0.05) is 54.2 Å². The number of benzene rings is 4. The van der Waals surface area contributed by atoms with Gasteiger partial charge in [0.1, 0.15) is 28.2 Å². The fourth-order valence-electron chi connectivity index (χ4n) is 6.32. The molecule has 0 heterocycles. The maximum atomic E-state index is 12.6. The molecule has 0 unspecified atom stereocenters. The van der Waals surface area contributed by atoms with Crippen LogP contribution in [0.1, 0.15) is 77.3 Å². The van der Waals surface area contributed by atoms with E-state index in [1.807, 2.05) is 48.6 Å². The van der Waals surface area contributed by atoms with Crippen LogP contribution in [0.2, 0.25) is 0 Å². The van der Waals surface area contributed by atoms with Gasteiger partial charge in [0.15, 0.2) is 0 Å². The number of nitrogens with zero attached hydrogens (tertiary/aromatic N) is 2. The fourth-order valence-corrected chi connectivity index (χ4v) is 7.00. The molecular weight excluding hydrogens is 681 g/mol.